The Kier molecular flexibility index (Phi) is 4.78. The number of morpholine rings is 1. The average molecular weight is 337 g/mol. The number of nitrogens with zero attached hydrogens (tertiary/aromatic N) is 1. The Morgan fingerprint density at radius 2 is 2.00 bits per heavy atom. The van der Waals surface area contributed by atoms with E-state index in [-0.39, 0.29) is 6.10 Å². The molecule has 2 aliphatic rings. The second kappa shape index (κ2) is 7.19. The van der Waals surface area contributed by atoms with Gasteiger partial charge in [-0.1, -0.05) is 43.3 Å². The second-order valence-electron chi connectivity index (χ2n) is 7.32. The number of hydrogen-bond acceptors (Lipinski definition) is 3. The first-order valence-electron chi connectivity index (χ1n) is 9.49. The van der Waals surface area contributed by atoms with Gasteiger partial charge in [0.25, 0.3) is 0 Å². The highest BCUT2D eigenvalue weighted by atomic mass is 16.5. The van der Waals surface area contributed by atoms with E-state index in [0.29, 0.717) is 17.8 Å². The molecule has 3 atom stereocenters. The van der Waals surface area contributed by atoms with E-state index < -0.39 is 0 Å². The zero-order chi connectivity index (χ0) is 17.2. The molecule has 1 N–H and O–H groups in total. The molecule has 2 aromatic carbocycles. The van der Waals surface area contributed by atoms with E-state index in [1.807, 2.05) is 6.07 Å². The molecule has 1 fully saturated rings. The van der Waals surface area contributed by atoms with Crippen molar-refractivity contribution in [1.29, 1.82) is 0 Å². The molecule has 2 aromatic rings. The molecule has 0 radical (unpaired) electrons. The number of aromatic hydroxyl groups is 1. The second-order valence-corrected chi connectivity index (χ2v) is 7.32. The van der Waals surface area contributed by atoms with Gasteiger partial charge in [0.05, 0.1) is 12.7 Å². The Morgan fingerprint density at radius 3 is 2.80 bits per heavy atom. The monoisotopic (exact) mass is 337 g/mol. The van der Waals surface area contributed by atoms with E-state index >= 15 is 0 Å². The van der Waals surface area contributed by atoms with Gasteiger partial charge >= 0.3 is 0 Å². The summed E-state index contributed by atoms with van der Waals surface area (Å²) in [6.45, 7) is 4.12. The number of fused-ring (bicyclic) bond motifs is 3. The standard InChI is InChI=1S/C22H27NO2/c1-2-12-23-18(13-16-6-4-3-5-7-16)15-25-22-20-14-19(24)10-8-17(20)9-11-21(22)23/h3-8,10,14,18,21-22,24H,2,9,11-13,15H2,1H3. The van der Waals surface area contributed by atoms with Crippen LogP contribution in [0.15, 0.2) is 48.5 Å². The van der Waals surface area contributed by atoms with Gasteiger partial charge in [0.2, 0.25) is 0 Å². The molecular weight excluding hydrogens is 310 g/mol. The Morgan fingerprint density at radius 1 is 1.16 bits per heavy atom. The van der Waals surface area contributed by atoms with E-state index in [9.17, 15) is 5.11 Å². The van der Waals surface area contributed by atoms with E-state index in [4.69, 9.17) is 4.74 Å². The molecule has 25 heavy (non-hydrogen) atoms. The first-order valence-corrected chi connectivity index (χ1v) is 9.49. The van der Waals surface area contributed by atoms with Crippen LogP contribution in [0.1, 0.15) is 42.6 Å². The third kappa shape index (κ3) is 3.31. The fourth-order valence-electron chi connectivity index (χ4n) is 4.53. The molecular formula is C22H27NO2. The topological polar surface area (TPSA) is 32.7 Å². The number of rotatable bonds is 4. The van der Waals surface area contributed by atoms with Crippen molar-refractivity contribution in [1.82, 2.24) is 4.90 Å². The van der Waals surface area contributed by atoms with Crippen LogP contribution in [-0.2, 0) is 17.6 Å². The molecule has 0 saturated carbocycles. The smallest absolute Gasteiger partial charge is 0.115 e. The molecule has 1 aliphatic carbocycles. The molecule has 3 nitrogen and oxygen atoms in total. The molecule has 0 amide bonds. The third-order valence-electron chi connectivity index (χ3n) is 5.65. The van der Waals surface area contributed by atoms with Gasteiger partial charge in [0.15, 0.2) is 0 Å². The van der Waals surface area contributed by atoms with Gasteiger partial charge in [-0.15, -0.1) is 0 Å². The summed E-state index contributed by atoms with van der Waals surface area (Å²) in [6.07, 6.45) is 4.49. The highest BCUT2D eigenvalue weighted by Crippen LogP contribution is 2.41. The van der Waals surface area contributed by atoms with Crippen LogP contribution in [0, 0.1) is 0 Å². The van der Waals surface area contributed by atoms with Gasteiger partial charge in [0.1, 0.15) is 5.75 Å². The molecule has 1 aliphatic heterocycles. The lowest BCUT2D eigenvalue weighted by molar-refractivity contribution is -0.112. The van der Waals surface area contributed by atoms with Crippen LogP contribution < -0.4 is 0 Å². The lowest BCUT2D eigenvalue weighted by Gasteiger charge is -2.49. The number of benzene rings is 2. The number of phenols is 1. The van der Waals surface area contributed by atoms with Crippen molar-refractivity contribution in [3.05, 3.63) is 65.2 Å². The molecule has 132 valence electrons. The van der Waals surface area contributed by atoms with Crippen molar-refractivity contribution >= 4 is 0 Å². The highest BCUT2D eigenvalue weighted by molar-refractivity contribution is 5.39. The van der Waals surface area contributed by atoms with Crippen molar-refractivity contribution in [2.75, 3.05) is 13.2 Å². The summed E-state index contributed by atoms with van der Waals surface area (Å²) in [4.78, 5) is 2.67. The minimum atomic E-state index is 0.0921. The van der Waals surface area contributed by atoms with E-state index in [2.05, 4.69) is 48.2 Å². The molecule has 1 heterocycles. The van der Waals surface area contributed by atoms with Crippen LogP contribution in [-0.4, -0.2) is 35.2 Å². The maximum atomic E-state index is 9.93. The van der Waals surface area contributed by atoms with Gasteiger partial charge in [-0.05, 0) is 61.1 Å². The van der Waals surface area contributed by atoms with E-state index in [1.54, 1.807) is 6.07 Å². The van der Waals surface area contributed by atoms with Gasteiger partial charge < -0.3 is 9.84 Å². The largest absolute Gasteiger partial charge is 0.508 e. The first kappa shape index (κ1) is 16.6. The summed E-state index contributed by atoms with van der Waals surface area (Å²) in [5.41, 5.74) is 3.90. The Balaban J connectivity index is 1.59. The summed E-state index contributed by atoms with van der Waals surface area (Å²) >= 11 is 0. The summed E-state index contributed by atoms with van der Waals surface area (Å²) in [7, 11) is 0. The fourth-order valence-corrected chi connectivity index (χ4v) is 4.53. The Hall–Kier alpha value is -1.84. The minimum absolute atomic E-state index is 0.0921. The Labute approximate surface area is 150 Å². The highest BCUT2D eigenvalue weighted by Gasteiger charge is 2.41. The number of ether oxygens (including phenoxy) is 1. The van der Waals surface area contributed by atoms with Crippen LogP contribution in [0.25, 0.3) is 0 Å². The van der Waals surface area contributed by atoms with Crippen molar-refractivity contribution in [3.8, 4) is 5.75 Å². The van der Waals surface area contributed by atoms with Crippen LogP contribution >= 0.6 is 0 Å². The van der Waals surface area contributed by atoms with Gasteiger partial charge in [0, 0.05) is 12.1 Å². The van der Waals surface area contributed by atoms with Crippen molar-refractivity contribution in [2.24, 2.45) is 0 Å². The maximum absolute atomic E-state index is 9.93. The average Bonchev–Trinajstić information content (AvgIpc) is 2.64. The lowest BCUT2D eigenvalue weighted by atomic mass is 9.82. The van der Waals surface area contributed by atoms with Gasteiger partial charge in [-0.25, -0.2) is 0 Å². The number of aryl methyl sites for hydroxylation is 1. The van der Waals surface area contributed by atoms with Crippen molar-refractivity contribution < 1.29 is 9.84 Å². The maximum Gasteiger partial charge on any atom is 0.115 e. The van der Waals surface area contributed by atoms with Crippen molar-refractivity contribution in [2.45, 2.75) is 50.8 Å². The van der Waals surface area contributed by atoms with E-state index in [0.717, 1.165) is 38.8 Å². The van der Waals surface area contributed by atoms with Crippen LogP contribution in [0.3, 0.4) is 0 Å². The summed E-state index contributed by atoms with van der Waals surface area (Å²) < 4.78 is 6.37. The zero-order valence-corrected chi connectivity index (χ0v) is 14.9. The number of phenolic OH excluding ortho intramolecular Hbond substituents is 1. The fraction of sp³-hybridized carbons (Fsp3) is 0.455. The van der Waals surface area contributed by atoms with Crippen molar-refractivity contribution in [3.63, 3.8) is 0 Å². The third-order valence-corrected chi connectivity index (χ3v) is 5.65. The molecule has 0 bridgehead atoms. The summed E-state index contributed by atoms with van der Waals surface area (Å²) in [5.74, 6) is 0.344. The SMILES string of the molecule is CCCN1C(Cc2ccccc2)COC2c3cc(O)ccc3CCC21. The zero-order valence-electron chi connectivity index (χ0n) is 14.9. The van der Waals surface area contributed by atoms with Gasteiger partial charge in [-0.3, -0.25) is 4.90 Å². The normalized spacial score (nSPS) is 26.0. The molecule has 4 rings (SSSR count). The predicted octanol–water partition coefficient (Wildman–Crippen LogP) is 4.10. The molecule has 1 saturated heterocycles. The van der Waals surface area contributed by atoms with Gasteiger partial charge in [-0.2, -0.15) is 0 Å². The Bertz CT molecular complexity index is 715. The predicted molar refractivity (Wildman–Crippen MR) is 99.8 cm³/mol. The summed E-state index contributed by atoms with van der Waals surface area (Å²) in [6, 6.07) is 17.3. The lowest BCUT2D eigenvalue weighted by Crippen LogP contribution is -2.55. The molecule has 0 spiro atoms. The molecule has 3 unspecified atom stereocenters. The van der Waals surface area contributed by atoms with Crippen LogP contribution in [0.4, 0.5) is 0 Å². The quantitative estimate of drug-likeness (QED) is 0.912. The van der Waals surface area contributed by atoms with Crippen LogP contribution in [0.2, 0.25) is 0 Å². The number of hydrogen-bond donors (Lipinski definition) is 1. The van der Waals surface area contributed by atoms with Crippen LogP contribution in [0.5, 0.6) is 5.75 Å². The molecule has 0 aromatic heterocycles. The first-order chi connectivity index (χ1) is 12.3. The molecule has 3 heteroatoms. The summed E-state index contributed by atoms with van der Waals surface area (Å²) in [5, 5.41) is 9.93. The van der Waals surface area contributed by atoms with E-state index in [1.165, 1.54) is 16.7 Å². The minimum Gasteiger partial charge on any atom is -0.508 e.